The first-order valence-corrected chi connectivity index (χ1v) is 6.15. The van der Waals surface area contributed by atoms with Gasteiger partial charge >= 0.3 is 0 Å². The summed E-state index contributed by atoms with van der Waals surface area (Å²) in [5.74, 6) is 0.928. The fraction of sp³-hybridized carbons (Fsp3) is 0.500. The highest BCUT2D eigenvalue weighted by Crippen LogP contribution is 2.29. The molecule has 0 radical (unpaired) electrons. The molecule has 0 aromatic heterocycles. The monoisotopic (exact) mass is 270 g/mol. The molecule has 1 aliphatic rings. The van der Waals surface area contributed by atoms with Gasteiger partial charge in [-0.2, -0.15) is 0 Å². The number of halogens is 1. The van der Waals surface area contributed by atoms with E-state index in [4.69, 9.17) is 9.84 Å². The number of ether oxygens (including phenoxy) is 1. The smallest absolute Gasteiger partial charge is 0.123 e. The molecule has 15 heavy (non-hydrogen) atoms. The number of hydrogen-bond acceptors (Lipinski definition) is 2. The molecule has 3 heteroatoms. The van der Waals surface area contributed by atoms with Gasteiger partial charge in [0.05, 0.1) is 6.10 Å². The lowest BCUT2D eigenvalue weighted by Gasteiger charge is -2.27. The molecule has 2 nitrogen and oxygen atoms in total. The van der Waals surface area contributed by atoms with E-state index >= 15 is 0 Å². The van der Waals surface area contributed by atoms with Crippen LogP contribution in [-0.2, 0) is 6.42 Å². The van der Waals surface area contributed by atoms with Gasteiger partial charge in [0.15, 0.2) is 0 Å². The lowest BCUT2D eigenvalue weighted by molar-refractivity contribution is 0.118. The fourth-order valence-electron chi connectivity index (χ4n) is 1.65. The summed E-state index contributed by atoms with van der Waals surface area (Å²) in [5.41, 5.74) is 1.08. The number of benzene rings is 1. The summed E-state index contributed by atoms with van der Waals surface area (Å²) in [6, 6.07) is 5.98. The van der Waals surface area contributed by atoms with Crippen molar-refractivity contribution in [2.45, 2.75) is 31.8 Å². The minimum absolute atomic E-state index is 0.164. The number of aliphatic hydroxyl groups excluding tert-OH is 1. The molecule has 1 aromatic rings. The standard InChI is InChI=1S/C12H15BrO2/c13-10-4-5-12(9(8-10)6-7-14)15-11-2-1-3-11/h4-5,8,11,14H,1-3,6-7H2. The number of aliphatic hydroxyl groups is 1. The summed E-state index contributed by atoms with van der Waals surface area (Å²) in [5, 5.41) is 8.97. The van der Waals surface area contributed by atoms with Crippen molar-refractivity contribution in [2.75, 3.05) is 6.61 Å². The molecule has 1 aliphatic carbocycles. The molecule has 1 saturated carbocycles. The second kappa shape index (κ2) is 4.99. The minimum atomic E-state index is 0.164. The van der Waals surface area contributed by atoms with Gasteiger partial charge in [0.2, 0.25) is 0 Å². The van der Waals surface area contributed by atoms with Crippen LogP contribution in [0.1, 0.15) is 24.8 Å². The van der Waals surface area contributed by atoms with E-state index < -0.39 is 0 Å². The van der Waals surface area contributed by atoms with Gasteiger partial charge in [-0.15, -0.1) is 0 Å². The van der Waals surface area contributed by atoms with E-state index in [-0.39, 0.29) is 6.61 Å². The molecule has 0 bridgehead atoms. The largest absolute Gasteiger partial charge is 0.490 e. The average molecular weight is 271 g/mol. The Morgan fingerprint density at radius 2 is 2.20 bits per heavy atom. The summed E-state index contributed by atoms with van der Waals surface area (Å²) >= 11 is 3.43. The first kappa shape index (κ1) is 11.0. The zero-order valence-electron chi connectivity index (χ0n) is 8.58. The Morgan fingerprint density at radius 3 is 2.80 bits per heavy atom. The molecular formula is C12H15BrO2. The quantitative estimate of drug-likeness (QED) is 0.912. The van der Waals surface area contributed by atoms with Crippen LogP contribution in [0.4, 0.5) is 0 Å². The number of rotatable bonds is 4. The summed E-state index contributed by atoms with van der Waals surface area (Å²) in [4.78, 5) is 0. The molecular weight excluding hydrogens is 256 g/mol. The molecule has 0 spiro atoms. The van der Waals surface area contributed by atoms with Crippen LogP contribution in [0.15, 0.2) is 22.7 Å². The highest BCUT2D eigenvalue weighted by Gasteiger charge is 2.20. The van der Waals surface area contributed by atoms with E-state index in [1.54, 1.807) is 0 Å². The van der Waals surface area contributed by atoms with E-state index in [1.807, 2.05) is 18.2 Å². The predicted octanol–water partition coefficient (Wildman–Crippen LogP) is 2.92. The normalized spacial score (nSPS) is 16.1. The van der Waals surface area contributed by atoms with Gasteiger partial charge in [-0.25, -0.2) is 0 Å². The van der Waals surface area contributed by atoms with Crippen molar-refractivity contribution >= 4 is 15.9 Å². The third kappa shape index (κ3) is 2.73. The second-order valence-electron chi connectivity index (χ2n) is 3.90. The summed E-state index contributed by atoms with van der Waals surface area (Å²) in [7, 11) is 0. The van der Waals surface area contributed by atoms with Crippen molar-refractivity contribution in [3.8, 4) is 5.75 Å². The molecule has 1 fully saturated rings. The van der Waals surface area contributed by atoms with Crippen molar-refractivity contribution in [1.82, 2.24) is 0 Å². The third-order valence-corrected chi connectivity index (χ3v) is 3.24. The molecule has 2 rings (SSSR count). The Kier molecular flexibility index (Phi) is 3.65. The topological polar surface area (TPSA) is 29.5 Å². The van der Waals surface area contributed by atoms with Crippen LogP contribution in [0.2, 0.25) is 0 Å². The van der Waals surface area contributed by atoms with Crippen LogP contribution in [-0.4, -0.2) is 17.8 Å². The fourth-order valence-corrected chi connectivity index (χ4v) is 2.06. The van der Waals surface area contributed by atoms with Gasteiger partial charge in [-0.3, -0.25) is 0 Å². The van der Waals surface area contributed by atoms with Crippen LogP contribution in [0.5, 0.6) is 5.75 Å². The lowest BCUT2D eigenvalue weighted by Crippen LogP contribution is -2.25. The molecule has 0 atom stereocenters. The lowest BCUT2D eigenvalue weighted by atomic mass is 9.96. The van der Waals surface area contributed by atoms with E-state index in [9.17, 15) is 0 Å². The van der Waals surface area contributed by atoms with Gasteiger partial charge in [0.1, 0.15) is 5.75 Å². The van der Waals surface area contributed by atoms with Crippen molar-refractivity contribution in [3.63, 3.8) is 0 Å². The van der Waals surface area contributed by atoms with Gasteiger partial charge in [0.25, 0.3) is 0 Å². The van der Waals surface area contributed by atoms with Crippen LogP contribution < -0.4 is 4.74 Å². The third-order valence-electron chi connectivity index (χ3n) is 2.75. The Hall–Kier alpha value is -0.540. The van der Waals surface area contributed by atoms with E-state index in [1.165, 1.54) is 6.42 Å². The molecule has 0 amide bonds. The Bertz CT molecular complexity index is 334. The highest BCUT2D eigenvalue weighted by molar-refractivity contribution is 9.10. The zero-order valence-corrected chi connectivity index (χ0v) is 10.2. The Balaban J connectivity index is 2.12. The molecule has 82 valence electrons. The minimum Gasteiger partial charge on any atom is -0.490 e. The van der Waals surface area contributed by atoms with Gasteiger partial charge < -0.3 is 9.84 Å². The second-order valence-corrected chi connectivity index (χ2v) is 4.81. The molecule has 0 heterocycles. The van der Waals surface area contributed by atoms with Gasteiger partial charge in [0, 0.05) is 11.1 Å². The summed E-state index contributed by atoms with van der Waals surface area (Å²) in [6.45, 7) is 0.164. The van der Waals surface area contributed by atoms with Crippen LogP contribution in [0.3, 0.4) is 0 Å². The maximum Gasteiger partial charge on any atom is 0.123 e. The van der Waals surface area contributed by atoms with Crippen LogP contribution in [0.25, 0.3) is 0 Å². The van der Waals surface area contributed by atoms with Crippen molar-refractivity contribution < 1.29 is 9.84 Å². The zero-order chi connectivity index (χ0) is 10.7. The average Bonchev–Trinajstić information content (AvgIpc) is 2.14. The van der Waals surface area contributed by atoms with E-state index in [0.29, 0.717) is 12.5 Å². The Morgan fingerprint density at radius 1 is 1.40 bits per heavy atom. The maximum absolute atomic E-state index is 8.97. The maximum atomic E-state index is 8.97. The predicted molar refractivity (Wildman–Crippen MR) is 63.2 cm³/mol. The van der Waals surface area contributed by atoms with Crippen molar-refractivity contribution in [2.24, 2.45) is 0 Å². The van der Waals surface area contributed by atoms with Crippen molar-refractivity contribution in [3.05, 3.63) is 28.2 Å². The van der Waals surface area contributed by atoms with E-state index in [0.717, 1.165) is 28.6 Å². The molecule has 1 aromatic carbocycles. The highest BCUT2D eigenvalue weighted by atomic mass is 79.9. The van der Waals surface area contributed by atoms with Gasteiger partial charge in [-0.05, 0) is 49.4 Å². The van der Waals surface area contributed by atoms with Crippen LogP contribution in [0, 0.1) is 0 Å². The first-order valence-electron chi connectivity index (χ1n) is 5.35. The molecule has 0 saturated heterocycles. The van der Waals surface area contributed by atoms with Gasteiger partial charge in [-0.1, -0.05) is 15.9 Å². The number of hydrogen-bond donors (Lipinski definition) is 1. The van der Waals surface area contributed by atoms with E-state index in [2.05, 4.69) is 15.9 Å². The molecule has 0 aliphatic heterocycles. The van der Waals surface area contributed by atoms with Crippen molar-refractivity contribution in [1.29, 1.82) is 0 Å². The first-order chi connectivity index (χ1) is 7.29. The molecule has 0 unspecified atom stereocenters. The van der Waals surface area contributed by atoms with Crippen LogP contribution >= 0.6 is 15.9 Å². The summed E-state index contributed by atoms with van der Waals surface area (Å²) in [6.07, 6.45) is 4.64. The molecule has 1 N–H and O–H groups in total. The Labute approximate surface area is 98.4 Å². The summed E-state index contributed by atoms with van der Waals surface area (Å²) < 4.78 is 6.89. The SMILES string of the molecule is OCCc1cc(Br)ccc1OC1CCC1.